The molecule has 0 fully saturated rings. The highest BCUT2D eigenvalue weighted by molar-refractivity contribution is 5.50. The molecule has 96 valence electrons. The first-order chi connectivity index (χ1) is 8.24. The van der Waals surface area contributed by atoms with Gasteiger partial charge in [0.15, 0.2) is 0 Å². The van der Waals surface area contributed by atoms with Gasteiger partial charge in [0.05, 0.1) is 11.9 Å². The Bertz CT molecular complexity index is 328. The van der Waals surface area contributed by atoms with Crippen LogP contribution in [-0.4, -0.2) is 24.7 Å². The van der Waals surface area contributed by atoms with E-state index in [0.29, 0.717) is 5.69 Å². The summed E-state index contributed by atoms with van der Waals surface area (Å²) in [6, 6.07) is 1.92. The molecule has 0 radical (unpaired) electrons. The molecule has 3 N–H and O–H groups in total. The Hall–Kier alpha value is -1.29. The number of aromatic nitrogens is 1. The molecule has 0 aliphatic rings. The first kappa shape index (κ1) is 13.8. The molecule has 1 aromatic heterocycles. The van der Waals surface area contributed by atoms with Crippen LogP contribution in [0, 0.1) is 6.92 Å². The van der Waals surface area contributed by atoms with E-state index < -0.39 is 0 Å². The molecule has 0 aliphatic heterocycles. The Morgan fingerprint density at radius 1 is 1.35 bits per heavy atom. The molecule has 4 nitrogen and oxygen atoms in total. The van der Waals surface area contributed by atoms with E-state index in [1.165, 1.54) is 6.42 Å². The number of nitrogens with one attached hydrogen (secondary N) is 1. The van der Waals surface area contributed by atoms with Crippen molar-refractivity contribution in [2.45, 2.75) is 33.1 Å². The zero-order valence-corrected chi connectivity index (χ0v) is 10.8. The first-order valence-corrected chi connectivity index (χ1v) is 6.27. The summed E-state index contributed by atoms with van der Waals surface area (Å²) < 4.78 is 5.48. The van der Waals surface area contributed by atoms with E-state index in [0.717, 1.165) is 44.0 Å². The molecule has 1 aromatic rings. The van der Waals surface area contributed by atoms with Crippen molar-refractivity contribution < 1.29 is 4.74 Å². The molecule has 0 amide bonds. The molecule has 0 saturated heterocycles. The molecule has 0 bridgehead atoms. The minimum absolute atomic E-state index is 0.705. The molecule has 4 heteroatoms. The van der Waals surface area contributed by atoms with Gasteiger partial charge in [-0.2, -0.15) is 0 Å². The summed E-state index contributed by atoms with van der Waals surface area (Å²) in [4.78, 5) is 4.25. The van der Waals surface area contributed by atoms with Gasteiger partial charge < -0.3 is 15.8 Å². The van der Waals surface area contributed by atoms with Crippen LogP contribution >= 0.6 is 0 Å². The van der Waals surface area contributed by atoms with Crippen molar-refractivity contribution in [2.75, 3.05) is 30.8 Å². The van der Waals surface area contributed by atoms with E-state index in [9.17, 15) is 0 Å². The number of nitrogens with two attached hydrogens (primary N) is 1. The van der Waals surface area contributed by atoms with Crippen molar-refractivity contribution in [2.24, 2.45) is 0 Å². The van der Waals surface area contributed by atoms with Crippen LogP contribution in [-0.2, 0) is 4.74 Å². The van der Waals surface area contributed by atoms with Crippen molar-refractivity contribution in [1.82, 2.24) is 4.98 Å². The smallest absolute Gasteiger partial charge is 0.128 e. The number of hydrogen-bond acceptors (Lipinski definition) is 4. The number of ether oxygens (including phenoxy) is 1. The Kier molecular flexibility index (Phi) is 6.40. The Balaban J connectivity index is 2.14. The maximum atomic E-state index is 5.64. The van der Waals surface area contributed by atoms with Gasteiger partial charge in [0, 0.05) is 19.8 Å². The summed E-state index contributed by atoms with van der Waals surface area (Å²) in [5.41, 5.74) is 7.43. The molecule has 1 rings (SSSR count). The molecule has 0 aromatic carbocycles. The van der Waals surface area contributed by atoms with Crippen molar-refractivity contribution in [3.63, 3.8) is 0 Å². The maximum absolute atomic E-state index is 5.64. The van der Waals surface area contributed by atoms with Gasteiger partial charge in [-0.25, -0.2) is 4.98 Å². The van der Waals surface area contributed by atoms with Gasteiger partial charge in [0.2, 0.25) is 0 Å². The van der Waals surface area contributed by atoms with Gasteiger partial charge in [0.25, 0.3) is 0 Å². The normalized spacial score (nSPS) is 10.5. The van der Waals surface area contributed by atoms with E-state index in [-0.39, 0.29) is 0 Å². The molecule has 0 spiro atoms. The lowest BCUT2D eigenvalue weighted by Crippen LogP contribution is -2.08. The first-order valence-electron chi connectivity index (χ1n) is 6.27. The molecular weight excluding hydrogens is 214 g/mol. The van der Waals surface area contributed by atoms with Crippen LogP contribution in [0.15, 0.2) is 12.3 Å². The van der Waals surface area contributed by atoms with Gasteiger partial charge in [0.1, 0.15) is 5.82 Å². The monoisotopic (exact) mass is 237 g/mol. The highest BCUT2D eigenvalue weighted by Crippen LogP contribution is 2.13. The van der Waals surface area contributed by atoms with E-state index in [2.05, 4.69) is 17.2 Å². The minimum Gasteiger partial charge on any atom is -0.397 e. The number of anilines is 2. The predicted octanol–water partition coefficient (Wildman–Crippen LogP) is 2.59. The van der Waals surface area contributed by atoms with Crippen LogP contribution in [0.1, 0.15) is 31.7 Å². The standard InChI is InChI=1S/C13H23N3O/c1-3-4-7-17-8-5-6-15-13-11(2)9-12(14)10-16-13/h9-10H,3-8,14H2,1-2H3,(H,15,16). The average molecular weight is 237 g/mol. The molecule has 0 unspecified atom stereocenters. The Labute approximate surface area is 104 Å². The van der Waals surface area contributed by atoms with E-state index in [4.69, 9.17) is 10.5 Å². The number of rotatable bonds is 8. The van der Waals surface area contributed by atoms with Gasteiger partial charge >= 0.3 is 0 Å². The summed E-state index contributed by atoms with van der Waals surface area (Å²) in [5, 5.41) is 3.28. The van der Waals surface area contributed by atoms with Crippen molar-refractivity contribution >= 4 is 11.5 Å². The van der Waals surface area contributed by atoms with E-state index >= 15 is 0 Å². The number of nitrogen functional groups attached to an aromatic ring is 1. The zero-order chi connectivity index (χ0) is 12.5. The summed E-state index contributed by atoms with van der Waals surface area (Å²) in [6.45, 7) is 6.73. The molecule has 0 saturated carbocycles. The number of unbranched alkanes of at least 4 members (excludes halogenated alkanes) is 1. The third-order valence-corrected chi connectivity index (χ3v) is 2.50. The Morgan fingerprint density at radius 2 is 2.12 bits per heavy atom. The quantitative estimate of drug-likeness (QED) is 0.682. The average Bonchev–Trinajstić information content (AvgIpc) is 2.30. The second-order valence-electron chi connectivity index (χ2n) is 4.18. The second-order valence-corrected chi connectivity index (χ2v) is 4.18. The number of aryl methyl sites for hydroxylation is 1. The topological polar surface area (TPSA) is 60.2 Å². The highest BCUT2D eigenvalue weighted by Gasteiger charge is 1.99. The molecule has 0 atom stereocenters. The third kappa shape index (κ3) is 5.54. The number of hydrogen-bond donors (Lipinski definition) is 2. The van der Waals surface area contributed by atoms with Crippen LogP contribution in [0.3, 0.4) is 0 Å². The van der Waals surface area contributed by atoms with Crippen molar-refractivity contribution in [3.05, 3.63) is 17.8 Å². The lowest BCUT2D eigenvalue weighted by molar-refractivity contribution is 0.131. The van der Waals surface area contributed by atoms with Crippen LogP contribution < -0.4 is 11.1 Å². The van der Waals surface area contributed by atoms with E-state index in [1.807, 2.05) is 13.0 Å². The number of nitrogens with zero attached hydrogens (tertiary/aromatic N) is 1. The third-order valence-electron chi connectivity index (χ3n) is 2.50. The minimum atomic E-state index is 0.705. The van der Waals surface area contributed by atoms with Gasteiger partial charge in [-0.15, -0.1) is 0 Å². The van der Waals surface area contributed by atoms with Crippen LogP contribution in [0.5, 0.6) is 0 Å². The van der Waals surface area contributed by atoms with E-state index in [1.54, 1.807) is 6.20 Å². The van der Waals surface area contributed by atoms with Crippen molar-refractivity contribution in [3.8, 4) is 0 Å². The van der Waals surface area contributed by atoms with Gasteiger partial charge in [-0.1, -0.05) is 13.3 Å². The lowest BCUT2D eigenvalue weighted by Gasteiger charge is -2.09. The fraction of sp³-hybridized carbons (Fsp3) is 0.615. The van der Waals surface area contributed by atoms with Crippen LogP contribution in [0.25, 0.3) is 0 Å². The molecular formula is C13H23N3O. The van der Waals surface area contributed by atoms with Crippen LogP contribution in [0.4, 0.5) is 11.5 Å². The summed E-state index contributed by atoms with van der Waals surface area (Å²) in [7, 11) is 0. The highest BCUT2D eigenvalue weighted by atomic mass is 16.5. The fourth-order valence-corrected chi connectivity index (χ4v) is 1.51. The SMILES string of the molecule is CCCCOCCCNc1ncc(N)cc1C. The largest absolute Gasteiger partial charge is 0.397 e. The van der Waals surface area contributed by atoms with Gasteiger partial charge in [-0.05, 0) is 31.4 Å². The molecule has 0 aliphatic carbocycles. The summed E-state index contributed by atoms with van der Waals surface area (Å²) >= 11 is 0. The number of pyridine rings is 1. The van der Waals surface area contributed by atoms with Gasteiger partial charge in [-0.3, -0.25) is 0 Å². The fourth-order valence-electron chi connectivity index (χ4n) is 1.51. The maximum Gasteiger partial charge on any atom is 0.128 e. The summed E-state index contributed by atoms with van der Waals surface area (Å²) in [5.74, 6) is 0.910. The molecule has 17 heavy (non-hydrogen) atoms. The predicted molar refractivity (Wildman–Crippen MR) is 72.2 cm³/mol. The van der Waals surface area contributed by atoms with Crippen LogP contribution in [0.2, 0.25) is 0 Å². The lowest BCUT2D eigenvalue weighted by atomic mass is 10.2. The van der Waals surface area contributed by atoms with Crippen molar-refractivity contribution in [1.29, 1.82) is 0 Å². The Morgan fingerprint density at radius 3 is 2.82 bits per heavy atom. The second kappa shape index (κ2) is 7.90. The summed E-state index contributed by atoms with van der Waals surface area (Å²) in [6.07, 6.45) is 5.00. The molecule has 1 heterocycles. The zero-order valence-electron chi connectivity index (χ0n) is 10.8.